The Kier molecular flexibility index (Phi) is 11.3. The molecular weight excluding hydrogens is 263 g/mol. The lowest BCUT2D eigenvalue weighted by atomic mass is 10.1. The highest BCUT2D eigenvalue weighted by molar-refractivity contribution is 7.45. The van der Waals surface area contributed by atoms with Crippen LogP contribution in [0.1, 0.15) is 40.5 Å². The van der Waals surface area contributed by atoms with E-state index < -0.39 is 7.80 Å². The Morgan fingerprint density at radius 2 is 1.58 bits per heavy atom. The zero-order chi connectivity index (χ0) is 14.7. The molecule has 4 nitrogen and oxygen atoms in total. The third-order valence-electron chi connectivity index (χ3n) is 2.66. The summed E-state index contributed by atoms with van der Waals surface area (Å²) < 4.78 is 22.1. The quantitative estimate of drug-likeness (QED) is 0.333. The van der Waals surface area contributed by atoms with E-state index >= 15 is 0 Å². The lowest BCUT2D eigenvalue weighted by molar-refractivity contribution is -0.140. The Labute approximate surface area is 118 Å². The summed E-state index contributed by atoms with van der Waals surface area (Å²) in [7, 11) is -1.89. The van der Waals surface area contributed by atoms with E-state index in [0.717, 1.165) is 12.8 Å². The molecule has 0 rings (SSSR count). The molecule has 0 saturated carbocycles. The molecule has 0 aromatic carbocycles. The van der Waals surface area contributed by atoms with Gasteiger partial charge in [0.2, 0.25) is 0 Å². The Morgan fingerprint density at radius 1 is 1.00 bits per heavy atom. The maximum absolute atomic E-state index is 11.7. The summed E-state index contributed by atoms with van der Waals surface area (Å²) in [5.74, 6) is 0.791. The minimum Gasteiger partial charge on any atom is -0.465 e. The van der Waals surface area contributed by atoms with E-state index in [2.05, 4.69) is 27.7 Å². The highest BCUT2D eigenvalue weighted by atomic mass is 31.1. The van der Waals surface area contributed by atoms with E-state index in [1.807, 2.05) is 0 Å². The highest BCUT2D eigenvalue weighted by Crippen LogP contribution is 2.19. The first-order chi connectivity index (χ1) is 8.91. The first kappa shape index (κ1) is 18.7. The van der Waals surface area contributed by atoms with Crippen molar-refractivity contribution in [2.75, 3.05) is 32.1 Å². The van der Waals surface area contributed by atoms with Crippen molar-refractivity contribution in [3.63, 3.8) is 0 Å². The lowest BCUT2D eigenvalue weighted by Gasteiger charge is -2.08. The summed E-state index contributed by atoms with van der Waals surface area (Å²) in [5, 5.41) is 0. The predicted octanol–water partition coefficient (Wildman–Crippen LogP) is 3.20. The van der Waals surface area contributed by atoms with Gasteiger partial charge in [-0.15, -0.1) is 0 Å². The molecule has 0 N–H and O–H groups in total. The zero-order valence-corrected chi connectivity index (χ0v) is 13.7. The average Bonchev–Trinajstić information content (AvgIpc) is 2.27. The summed E-state index contributed by atoms with van der Waals surface area (Å²) in [5.41, 5.74) is 0. The second-order valence-electron chi connectivity index (χ2n) is 5.66. The van der Waals surface area contributed by atoms with Gasteiger partial charge >= 0.3 is 5.97 Å². The fourth-order valence-electron chi connectivity index (χ4n) is 1.32. The molecule has 0 fully saturated rings. The van der Waals surface area contributed by atoms with Gasteiger partial charge in [0.05, 0.1) is 27.2 Å². The van der Waals surface area contributed by atoms with E-state index in [0.29, 0.717) is 37.8 Å². The van der Waals surface area contributed by atoms with E-state index in [-0.39, 0.29) is 12.1 Å². The number of carbonyl (C=O) groups is 1. The summed E-state index contributed by atoms with van der Waals surface area (Å²) in [6, 6.07) is 0. The van der Waals surface area contributed by atoms with Gasteiger partial charge < -0.3 is 14.0 Å². The number of hydrogen-bond acceptors (Lipinski definition) is 4. The van der Waals surface area contributed by atoms with Crippen LogP contribution in [0.4, 0.5) is 0 Å². The minimum atomic E-state index is -1.89. The fraction of sp³-hybridized carbons (Fsp3) is 0.929. The molecule has 0 heterocycles. The third-order valence-corrected chi connectivity index (χ3v) is 4.11. The van der Waals surface area contributed by atoms with Crippen molar-refractivity contribution in [1.29, 1.82) is 0 Å². The molecule has 0 aliphatic carbocycles. The van der Waals surface area contributed by atoms with Crippen molar-refractivity contribution in [2.24, 2.45) is 11.8 Å². The van der Waals surface area contributed by atoms with Crippen LogP contribution in [0.25, 0.3) is 0 Å². The maximum atomic E-state index is 11.7. The molecule has 114 valence electrons. The van der Waals surface area contributed by atoms with Gasteiger partial charge in [-0.05, 0) is 24.7 Å². The van der Waals surface area contributed by atoms with Gasteiger partial charge in [-0.25, -0.2) is 0 Å². The van der Waals surface area contributed by atoms with Crippen LogP contribution in [0.5, 0.6) is 0 Å². The molecule has 0 radical (unpaired) electrons. The molecule has 1 unspecified atom stereocenters. The van der Waals surface area contributed by atoms with Gasteiger partial charge in [-0.3, -0.25) is 4.79 Å². The van der Waals surface area contributed by atoms with Crippen molar-refractivity contribution in [2.45, 2.75) is 40.5 Å². The Balaban J connectivity index is 3.49. The van der Waals surface area contributed by atoms with Crippen LogP contribution in [0.15, 0.2) is 0 Å². The second-order valence-corrected chi connectivity index (χ2v) is 7.59. The summed E-state index contributed by atoms with van der Waals surface area (Å²) in [4.78, 5) is 11.4. The van der Waals surface area contributed by atoms with Gasteiger partial charge in [0.25, 0.3) is 0 Å². The van der Waals surface area contributed by atoms with Crippen molar-refractivity contribution >= 4 is 13.8 Å². The molecular formula is C14H29O4P. The molecule has 5 heteroatoms. The molecule has 0 spiro atoms. The lowest BCUT2D eigenvalue weighted by Crippen LogP contribution is -2.11. The Bertz CT molecular complexity index is 264. The summed E-state index contributed by atoms with van der Waals surface area (Å²) >= 11 is 0. The van der Waals surface area contributed by atoms with Gasteiger partial charge in [-0.1, -0.05) is 27.7 Å². The standard InChI is InChI=1S/C14H29O4P/c1-12(2)5-7-17-9-10-19(16)11-14(15)18-8-6-13(3)4/h12-13,19H,5-11H2,1-4H3. The largest absolute Gasteiger partial charge is 0.465 e. The highest BCUT2D eigenvalue weighted by Gasteiger charge is 2.09. The Morgan fingerprint density at radius 3 is 2.16 bits per heavy atom. The van der Waals surface area contributed by atoms with Crippen LogP contribution in [0.3, 0.4) is 0 Å². The monoisotopic (exact) mass is 292 g/mol. The summed E-state index contributed by atoms with van der Waals surface area (Å²) in [6.45, 7) is 10.0. The van der Waals surface area contributed by atoms with Gasteiger partial charge in [0.1, 0.15) is 0 Å². The topological polar surface area (TPSA) is 52.6 Å². The van der Waals surface area contributed by atoms with Gasteiger partial charge in [-0.2, -0.15) is 0 Å². The molecule has 0 saturated heterocycles. The predicted molar refractivity (Wildman–Crippen MR) is 79.4 cm³/mol. The van der Waals surface area contributed by atoms with E-state index in [4.69, 9.17) is 9.47 Å². The van der Waals surface area contributed by atoms with Crippen molar-refractivity contribution < 1.29 is 18.8 Å². The van der Waals surface area contributed by atoms with E-state index in [1.165, 1.54) is 0 Å². The van der Waals surface area contributed by atoms with Crippen LogP contribution in [0.2, 0.25) is 0 Å². The van der Waals surface area contributed by atoms with Crippen molar-refractivity contribution in [3.05, 3.63) is 0 Å². The van der Waals surface area contributed by atoms with Gasteiger partial charge in [0, 0.05) is 12.8 Å². The van der Waals surface area contributed by atoms with Crippen molar-refractivity contribution in [1.82, 2.24) is 0 Å². The molecule has 0 aromatic rings. The van der Waals surface area contributed by atoms with Crippen LogP contribution in [0, 0.1) is 11.8 Å². The van der Waals surface area contributed by atoms with E-state index in [9.17, 15) is 9.36 Å². The maximum Gasteiger partial charge on any atom is 0.312 e. The Hall–Kier alpha value is -0.340. The molecule has 19 heavy (non-hydrogen) atoms. The smallest absolute Gasteiger partial charge is 0.312 e. The average molecular weight is 292 g/mol. The molecule has 0 aromatic heterocycles. The molecule has 0 aliphatic heterocycles. The number of ether oxygens (including phenoxy) is 2. The number of esters is 1. The number of rotatable bonds is 11. The first-order valence-electron chi connectivity index (χ1n) is 7.16. The van der Waals surface area contributed by atoms with Crippen molar-refractivity contribution in [3.8, 4) is 0 Å². The van der Waals surface area contributed by atoms with Crippen LogP contribution >= 0.6 is 7.80 Å². The SMILES string of the molecule is CC(C)CCOCC[PH](=O)CC(=O)OCCC(C)C. The normalized spacial score (nSPS) is 12.9. The van der Waals surface area contributed by atoms with Crippen LogP contribution in [-0.4, -0.2) is 38.1 Å². The van der Waals surface area contributed by atoms with Crippen LogP contribution in [-0.2, 0) is 18.8 Å². The molecule has 1 atom stereocenters. The molecule has 0 aliphatic rings. The second kappa shape index (κ2) is 11.5. The number of carbonyl (C=O) groups excluding carboxylic acids is 1. The zero-order valence-electron chi connectivity index (χ0n) is 12.7. The molecule has 0 bridgehead atoms. The number of hydrogen-bond donors (Lipinski definition) is 0. The third kappa shape index (κ3) is 13.9. The van der Waals surface area contributed by atoms with Gasteiger partial charge in [0.15, 0.2) is 0 Å². The minimum absolute atomic E-state index is 0.0519. The van der Waals surface area contributed by atoms with Crippen LogP contribution < -0.4 is 0 Å². The summed E-state index contributed by atoms with van der Waals surface area (Å²) in [6.07, 6.45) is 2.39. The first-order valence-corrected chi connectivity index (χ1v) is 8.99. The van der Waals surface area contributed by atoms with E-state index in [1.54, 1.807) is 0 Å². The molecule has 0 amide bonds. The fourth-order valence-corrected chi connectivity index (χ4v) is 2.29.